The Balaban J connectivity index is 2.08. The molecule has 128 valence electrons. The fourth-order valence-corrected chi connectivity index (χ4v) is 3.19. The van der Waals surface area contributed by atoms with Gasteiger partial charge in [0.15, 0.2) is 0 Å². The molecular formula is C15H20O8. The first-order valence-electron chi connectivity index (χ1n) is 7.50. The monoisotopic (exact) mass is 328 g/mol. The standard InChI is InChI=1S/C15H20O8/c1-21-13(18)10-9(12(10)23-15(20)14(19)22-2)11(17)7-5-3-4-6-8(7)16/h7,9-12,17H,3-6H2,1-2H3/t7?,9-,10+,11+,12+/m0/s1. The van der Waals surface area contributed by atoms with E-state index < -0.39 is 47.9 Å². The molecule has 2 aliphatic rings. The molecule has 0 amide bonds. The summed E-state index contributed by atoms with van der Waals surface area (Å²) in [6.07, 6.45) is 0.427. The molecule has 0 heterocycles. The number of carbonyl (C=O) groups excluding carboxylic acids is 4. The van der Waals surface area contributed by atoms with Gasteiger partial charge in [-0.25, -0.2) is 9.59 Å². The van der Waals surface area contributed by atoms with Crippen molar-refractivity contribution in [2.75, 3.05) is 14.2 Å². The van der Waals surface area contributed by atoms with Gasteiger partial charge in [0.2, 0.25) is 0 Å². The zero-order chi connectivity index (χ0) is 17.1. The van der Waals surface area contributed by atoms with E-state index in [0.717, 1.165) is 20.0 Å². The van der Waals surface area contributed by atoms with E-state index in [1.165, 1.54) is 7.11 Å². The molecule has 0 saturated heterocycles. The predicted molar refractivity (Wildman–Crippen MR) is 73.9 cm³/mol. The van der Waals surface area contributed by atoms with Crippen molar-refractivity contribution in [1.82, 2.24) is 0 Å². The second-order valence-electron chi connectivity index (χ2n) is 5.80. The van der Waals surface area contributed by atoms with Crippen LogP contribution in [0.5, 0.6) is 0 Å². The summed E-state index contributed by atoms with van der Waals surface area (Å²) in [5.74, 6) is -5.35. The number of Topliss-reactive ketones (excluding diaryl/α,β-unsaturated/α-hetero) is 1. The lowest BCUT2D eigenvalue weighted by atomic mass is 9.82. The molecule has 0 bridgehead atoms. The van der Waals surface area contributed by atoms with Crippen molar-refractivity contribution in [3.05, 3.63) is 0 Å². The Hall–Kier alpha value is -1.96. The van der Waals surface area contributed by atoms with Gasteiger partial charge >= 0.3 is 17.9 Å². The van der Waals surface area contributed by atoms with Gasteiger partial charge in [-0.2, -0.15) is 0 Å². The molecule has 0 spiro atoms. The summed E-state index contributed by atoms with van der Waals surface area (Å²) in [5.41, 5.74) is 0. The molecule has 2 fully saturated rings. The van der Waals surface area contributed by atoms with E-state index in [-0.39, 0.29) is 5.78 Å². The largest absolute Gasteiger partial charge is 0.469 e. The molecule has 1 unspecified atom stereocenters. The average molecular weight is 328 g/mol. The van der Waals surface area contributed by atoms with Crippen LogP contribution in [-0.4, -0.2) is 55.2 Å². The quantitative estimate of drug-likeness (QED) is 0.421. The molecule has 2 saturated carbocycles. The molecular weight excluding hydrogens is 308 g/mol. The number of aliphatic hydroxyl groups is 1. The number of esters is 3. The molecule has 0 aromatic rings. The smallest absolute Gasteiger partial charge is 0.417 e. The van der Waals surface area contributed by atoms with Crippen LogP contribution in [0.25, 0.3) is 0 Å². The Kier molecular flexibility index (Phi) is 5.35. The fraction of sp³-hybridized carbons (Fsp3) is 0.733. The van der Waals surface area contributed by atoms with Crippen LogP contribution in [0.15, 0.2) is 0 Å². The van der Waals surface area contributed by atoms with Gasteiger partial charge in [0.05, 0.1) is 20.3 Å². The topological polar surface area (TPSA) is 116 Å². The minimum Gasteiger partial charge on any atom is -0.469 e. The summed E-state index contributed by atoms with van der Waals surface area (Å²) in [4.78, 5) is 46.3. The van der Waals surface area contributed by atoms with Gasteiger partial charge in [-0.3, -0.25) is 9.59 Å². The number of methoxy groups -OCH3 is 2. The Morgan fingerprint density at radius 1 is 1.13 bits per heavy atom. The van der Waals surface area contributed by atoms with Crippen molar-refractivity contribution in [3.63, 3.8) is 0 Å². The maximum Gasteiger partial charge on any atom is 0.417 e. The Bertz CT molecular complexity index is 514. The molecule has 8 heteroatoms. The Morgan fingerprint density at radius 2 is 1.83 bits per heavy atom. The Morgan fingerprint density at radius 3 is 2.39 bits per heavy atom. The highest BCUT2D eigenvalue weighted by molar-refractivity contribution is 6.29. The van der Waals surface area contributed by atoms with Crippen LogP contribution in [0.4, 0.5) is 0 Å². The lowest BCUT2D eigenvalue weighted by Crippen LogP contribution is -2.34. The molecule has 8 nitrogen and oxygen atoms in total. The van der Waals surface area contributed by atoms with Gasteiger partial charge in [0, 0.05) is 18.3 Å². The summed E-state index contributed by atoms with van der Waals surface area (Å²) in [7, 11) is 2.20. The molecule has 2 aliphatic carbocycles. The molecule has 1 N–H and O–H groups in total. The third kappa shape index (κ3) is 3.52. The molecule has 0 radical (unpaired) electrons. The molecule has 0 aromatic carbocycles. The number of carbonyl (C=O) groups is 4. The summed E-state index contributed by atoms with van der Waals surface area (Å²) in [5, 5.41) is 10.4. The Labute approximate surface area is 133 Å². The highest BCUT2D eigenvalue weighted by Gasteiger charge is 2.64. The van der Waals surface area contributed by atoms with Crippen molar-refractivity contribution in [3.8, 4) is 0 Å². The first-order valence-corrected chi connectivity index (χ1v) is 7.50. The summed E-state index contributed by atoms with van der Waals surface area (Å²) < 4.78 is 13.8. The fourth-order valence-electron chi connectivity index (χ4n) is 3.19. The van der Waals surface area contributed by atoms with Gasteiger partial charge in [0.1, 0.15) is 17.8 Å². The van der Waals surface area contributed by atoms with Gasteiger partial charge in [0.25, 0.3) is 0 Å². The van der Waals surface area contributed by atoms with E-state index in [1.807, 2.05) is 0 Å². The lowest BCUT2D eigenvalue weighted by Gasteiger charge is -2.25. The van der Waals surface area contributed by atoms with E-state index in [1.54, 1.807) is 0 Å². The first kappa shape index (κ1) is 17.4. The predicted octanol–water partition coefficient (Wildman–Crippen LogP) is -0.390. The van der Waals surface area contributed by atoms with Crippen LogP contribution in [0.1, 0.15) is 25.7 Å². The van der Waals surface area contributed by atoms with E-state index in [0.29, 0.717) is 12.8 Å². The van der Waals surface area contributed by atoms with Crippen molar-refractivity contribution in [2.24, 2.45) is 17.8 Å². The van der Waals surface area contributed by atoms with Crippen molar-refractivity contribution < 1.29 is 38.5 Å². The lowest BCUT2D eigenvalue weighted by molar-refractivity contribution is -0.168. The molecule has 23 heavy (non-hydrogen) atoms. The van der Waals surface area contributed by atoms with Crippen LogP contribution in [-0.2, 0) is 33.4 Å². The van der Waals surface area contributed by atoms with Gasteiger partial charge in [-0.1, -0.05) is 6.42 Å². The minimum atomic E-state index is -1.24. The average Bonchev–Trinajstić information content (AvgIpc) is 3.26. The van der Waals surface area contributed by atoms with Gasteiger partial charge in [-0.05, 0) is 12.8 Å². The molecule has 0 aromatic heterocycles. The molecule has 5 atom stereocenters. The van der Waals surface area contributed by atoms with Gasteiger partial charge in [-0.15, -0.1) is 0 Å². The number of ketones is 1. The zero-order valence-electron chi connectivity index (χ0n) is 13.0. The number of ether oxygens (including phenoxy) is 3. The van der Waals surface area contributed by atoms with Gasteiger partial charge < -0.3 is 19.3 Å². The van der Waals surface area contributed by atoms with Crippen LogP contribution in [0.3, 0.4) is 0 Å². The van der Waals surface area contributed by atoms with E-state index in [9.17, 15) is 24.3 Å². The normalized spacial score (nSPS) is 31.0. The number of rotatable bonds is 4. The SMILES string of the molecule is COC(=O)C(=O)O[C@H]1[C@H](C(=O)OC)[C@H]1[C@H](O)C1CCCCC1=O. The summed E-state index contributed by atoms with van der Waals surface area (Å²) >= 11 is 0. The maximum absolute atomic E-state index is 11.9. The summed E-state index contributed by atoms with van der Waals surface area (Å²) in [6, 6.07) is 0. The summed E-state index contributed by atoms with van der Waals surface area (Å²) in [6.45, 7) is 0. The van der Waals surface area contributed by atoms with E-state index >= 15 is 0 Å². The third-order valence-electron chi connectivity index (χ3n) is 4.48. The highest BCUT2D eigenvalue weighted by Crippen LogP contribution is 2.48. The van der Waals surface area contributed by atoms with Crippen LogP contribution in [0, 0.1) is 17.8 Å². The minimum absolute atomic E-state index is 0.0580. The molecule has 2 rings (SSSR count). The maximum atomic E-state index is 11.9. The van der Waals surface area contributed by atoms with Crippen LogP contribution < -0.4 is 0 Å². The molecule has 0 aliphatic heterocycles. The van der Waals surface area contributed by atoms with Crippen LogP contribution >= 0.6 is 0 Å². The van der Waals surface area contributed by atoms with Crippen molar-refractivity contribution in [1.29, 1.82) is 0 Å². The van der Waals surface area contributed by atoms with Crippen LogP contribution in [0.2, 0.25) is 0 Å². The number of hydrogen-bond acceptors (Lipinski definition) is 8. The van der Waals surface area contributed by atoms with Crippen molar-refractivity contribution in [2.45, 2.75) is 37.9 Å². The third-order valence-corrected chi connectivity index (χ3v) is 4.48. The second-order valence-corrected chi connectivity index (χ2v) is 5.80. The first-order chi connectivity index (χ1) is 10.9. The number of aliphatic hydroxyl groups excluding tert-OH is 1. The second kappa shape index (κ2) is 7.08. The number of hydrogen-bond donors (Lipinski definition) is 1. The zero-order valence-corrected chi connectivity index (χ0v) is 13.0. The highest BCUT2D eigenvalue weighted by atomic mass is 16.6. The van der Waals surface area contributed by atoms with E-state index in [2.05, 4.69) is 9.47 Å². The van der Waals surface area contributed by atoms with E-state index in [4.69, 9.17) is 4.74 Å². The van der Waals surface area contributed by atoms with Crippen molar-refractivity contribution >= 4 is 23.7 Å².